The Morgan fingerprint density at radius 3 is 2.94 bits per heavy atom. The molecule has 0 saturated heterocycles. The van der Waals surface area contributed by atoms with E-state index in [4.69, 9.17) is 0 Å². The first-order valence-corrected chi connectivity index (χ1v) is 5.62. The van der Waals surface area contributed by atoms with E-state index in [0.29, 0.717) is 5.82 Å². The lowest BCUT2D eigenvalue weighted by Gasteiger charge is -2.17. The Kier molecular flexibility index (Phi) is 4.98. The summed E-state index contributed by atoms with van der Waals surface area (Å²) in [6.07, 6.45) is 4.37. The Labute approximate surface area is 96.1 Å². The number of aryl methyl sites for hydroxylation is 1. The van der Waals surface area contributed by atoms with E-state index in [1.807, 2.05) is 19.0 Å². The van der Waals surface area contributed by atoms with Crippen LogP contribution in [0.25, 0.3) is 0 Å². The summed E-state index contributed by atoms with van der Waals surface area (Å²) in [7, 11) is 3.78. The van der Waals surface area contributed by atoms with Gasteiger partial charge in [0, 0.05) is 39.1 Å². The predicted octanol–water partition coefficient (Wildman–Crippen LogP) is 0.309. The maximum atomic E-state index is 12.0. The maximum Gasteiger partial charge on any atom is 0.293 e. The lowest BCUT2D eigenvalue weighted by molar-refractivity contribution is 0.643. The van der Waals surface area contributed by atoms with E-state index in [0.717, 1.165) is 26.1 Å². The van der Waals surface area contributed by atoms with Crippen molar-refractivity contribution in [1.29, 1.82) is 0 Å². The van der Waals surface area contributed by atoms with Gasteiger partial charge in [-0.05, 0) is 13.5 Å². The molecule has 0 bridgehead atoms. The maximum absolute atomic E-state index is 12.0. The molecule has 1 aromatic heterocycles. The quantitative estimate of drug-likeness (QED) is 0.755. The van der Waals surface area contributed by atoms with Gasteiger partial charge in [0.15, 0.2) is 5.82 Å². The monoisotopic (exact) mass is 224 g/mol. The summed E-state index contributed by atoms with van der Waals surface area (Å²) in [6.45, 7) is 4.40. The van der Waals surface area contributed by atoms with Crippen molar-refractivity contribution >= 4 is 5.82 Å². The summed E-state index contributed by atoms with van der Waals surface area (Å²) in [5, 5.41) is 3.05. The number of rotatable bonds is 6. The molecule has 0 aliphatic rings. The minimum absolute atomic E-state index is 0.0112. The van der Waals surface area contributed by atoms with Gasteiger partial charge in [-0.2, -0.15) is 0 Å². The highest BCUT2D eigenvalue weighted by atomic mass is 16.1. The van der Waals surface area contributed by atoms with Gasteiger partial charge in [0.25, 0.3) is 5.56 Å². The van der Waals surface area contributed by atoms with Gasteiger partial charge in [0.05, 0.1) is 0 Å². The van der Waals surface area contributed by atoms with Crippen LogP contribution in [0.4, 0.5) is 5.82 Å². The summed E-state index contributed by atoms with van der Waals surface area (Å²) in [5.74, 6) is 0.520. The second kappa shape index (κ2) is 6.27. The molecule has 0 amide bonds. The normalized spacial score (nSPS) is 10.4. The molecule has 5 heteroatoms. The summed E-state index contributed by atoms with van der Waals surface area (Å²) < 4.78 is 1.71. The Balaban J connectivity index is 2.87. The van der Waals surface area contributed by atoms with Gasteiger partial charge in [-0.3, -0.25) is 4.79 Å². The van der Waals surface area contributed by atoms with Gasteiger partial charge in [0.2, 0.25) is 0 Å². The number of anilines is 1. The highest BCUT2D eigenvalue weighted by Gasteiger charge is 2.08. The van der Waals surface area contributed by atoms with Crippen molar-refractivity contribution in [3.63, 3.8) is 0 Å². The molecular formula is C11H20N4O. The van der Waals surface area contributed by atoms with Gasteiger partial charge in [-0.15, -0.1) is 0 Å². The number of likely N-dealkylation sites (N-methyl/N-ethyl adjacent to an activating group) is 2. The van der Waals surface area contributed by atoms with Crippen LogP contribution in [0.5, 0.6) is 0 Å². The second-order valence-electron chi connectivity index (χ2n) is 3.77. The van der Waals surface area contributed by atoms with Gasteiger partial charge in [-0.1, -0.05) is 6.92 Å². The first-order chi connectivity index (χ1) is 7.70. The van der Waals surface area contributed by atoms with Crippen LogP contribution in [-0.4, -0.2) is 36.7 Å². The zero-order valence-corrected chi connectivity index (χ0v) is 10.2. The topological polar surface area (TPSA) is 50.2 Å². The zero-order chi connectivity index (χ0) is 12.0. The lowest BCUT2D eigenvalue weighted by Crippen LogP contribution is -2.34. The third kappa shape index (κ3) is 3.06. The fourth-order valence-corrected chi connectivity index (χ4v) is 1.50. The van der Waals surface area contributed by atoms with E-state index >= 15 is 0 Å². The number of nitrogens with one attached hydrogen (secondary N) is 1. The Bertz CT molecular complexity index is 374. The molecule has 1 aromatic rings. The SMILES string of the molecule is CCCn1ccnc(N(C)CCNC)c1=O. The molecule has 1 N–H and O–H groups in total. The van der Waals surface area contributed by atoms with Gasteiger partial charge in [0.1, 0.15) is 0 Å². The van der Waals surface area contributed by atoms with Crippen LogP contribution in [0, 0.1) is 0 Å². The van der Waals surface area contributed by atoms with Gasteiger partial charge >= 0.3 is 0 Å². The molecule has 16 heavy (non-hydrogen) atoms. The molecule has 0 aliphatic carbocycles. The van der Waals surface area contributed by atoms with Crippen LogP contribution in [-0.2, 0) is 6.54 Å². The van der Waals surface area contributed by atoms with Gasteiger partial charge in [-0.25, -0.2) is 4.98 Å². The molecule has 0 spiro atoms. The highest BCUT2D eigenvalue weighted by molar-refractivity contribution is 5.34. The van der Waals surface area contributed by atoms with Crippen LogP contribution >= 0.6 is 0 Å². The standard InChI is InChI=1S/C11H20N4O/c1-4-7-15-9-6-13-10(11(15)16)14(3)8-5-12-2/h6,9,12H,4-5,7-8H2,1-3H3. The minimum atomic E-state index is -0.0112. The van der Waals surface area contributed by atoms with Crippen molar-refractivity contribution < 1.29 is 0 Å². The van der Waals surface area contributed by atoms with E-state index in [-0.39, 0.29) is 5.56 Å². The van der Waals surface area contributed by atoms with E-state index in [2.05, 4.69) is 17.2 Å². The minimum Gasteiger partial charge on any atom is -0.354 e. The first-order valence-electron chi connectivity index (χ1n) is 5.62. The average Bonchev–Trinajstić information content (AvgIpc) is 2.29. The number of hydrogen-bond donors (Lipinski definition) is 1. The van der Waals surface area contributed by atoms with Gasteiger partial charge < -0.3 is 14.8 Å². The first kappa shape index (κ1) is 12.7. The molecule has 0 saturated carbocycles. The Morgan fingerprint density at radius 2 is 2.31 bits per heavy atom. The second-order valence-corrected chi connectivity index (χ2v) is 3.77. The molecule has 1 heterocycles. The Morgan fingerprint density at radius 1 is 1.56 bits per heavy atom. The number of hydrogen-bond acceptors (Lipinski definition) is 4. The molecule has 0 fully saturated rings. The van der Waals surface area contributed by atoms with E-state index in [1.54, 1.807) is 17.0 Å². The molecule has 5 nitrogen and oxygen atoms in total. The predicted molar refractivity (Wildman–Crippen MR) is 66.0 cm³/mol. The van der Waals surface area contributed by atoms with Crippen molar-refractivity contribution in [2.45, 2.75) is 19.9 Å². The summed E-state index contributed by atoms with van der Waals surface area (Å²) in [6, 6.07) is 0. The van der Waals surface area contributed by atoms with E-state index in [1.165, 1.54) is 0 Å². The van der Waals surface area contributed by atoms with Crippen molar-refractivity contribution in [2.24, 2.45) is 0 Å². The molecule has 0 aliphatic heterocycles. The van der Waals surface area contributed by atoms with Crippen molar-refractivity contribution in [1.82, 2.24) is 14.9 Å². The number of aromatic nitrogens is 2. The number of nitrogens with zero attached hydrogens (tertiary/aromatic N) is 3. The van der Waals surface area contributed by atoms with Crippen molar-refractivity contribution in [2.75, 3.05) is 32.1 Å². The largest absolute Gasteiger partial charge is 0.354 e. The van der Waals surface area contributed by atoms with Crippen LogP contribution < -0.4 is 15.8 Å². The molecule has 0 aromatic carbocycles. The third-order valence-electron chi connectivity index (χ3n) is 2.42. The van der Waals surface area contributed by atoms with E-state index < -0.39 is 0 Å². The third-order valence-corrected chi connectivity index (χ3v) is 2.42. The summed E-state index contributed by atoms with van der Waals surface area (Å²) in [5.41, 5.74) is -0.0112. The molecule has 1 rings (SSSR count). The molecule has 0 radical (unpaired) electrons. The summed E-state index contributed by atoms with van der Waals surface area (Å²) in [4.78, 5) is 18.0. The Hall–Kier alpha value is -1.36. The lowest BCUT2D eigenvalue weighted by atomic mass is 10.4. The summed E-state index contributed by atoms with van der Waals surface area (Å²) >= 11 is 0. The smallest absolute Gasteiger partial charge is 0.293 e. The van der Waals surface area contributed by atoms with Crippen LogP contribution in [0.15, 0.2) is 17.2 Å². The molecule has 0 atom stereocenters. The zero-order valence-electron chi connectivity index (χ0n) is 10.2. The van der Waals surface area contributed by atoms with Crippen LogP contribution in [0.2, 0.25) is 0 Å². The van der Waals surface area contributed by atoms with Crippen LogP contribution in [0.3, 0.4) is 0 Å². The highest BCUT2D eigenvalue weighted by Crippen LogP contribution is 1.99. The van der Waals surface area contributed by atoms with E-state index in [9.17, 15) is 4.79 Å². The molecule has 0 unspecified atom stereocenters. The molecular weight excluding hydrogens is 204 g/mol. The van der Waals surface area contributed by atoms with Crippen molar-refractivity contribution in [3.05, 3.63) is 22.7 Å². The van der Waals surface area contributed by atoms with Crippen molar-refractivity contribution in [3.8, 4) is 0 Å². The fraction of sp³-hybridized carbons (Fsp3) is 0.636. The van der Waals surface area contributed by atoms with Crippen LogP contribution in [0.1, 0.15) is 13.3 Å². The average molecular weight is 224 g/mol. The fourth-order valence-electron chi connectivity index (χ4n) is 1.50. The molecule has 90 valence electrons.